The maximum absolute atomic E-state index is 14.3. The molecule has 19 heteroatoms. The van der Waals surface area contributed by atoms with Crippen LogP contribution in [0, 0.1) is 24.7 Å². The molecule has 3 aliphatic carbocycles. The molecule has 290 valence electrons. The van der Waals surface area contributed by atoms with Crippen molar-refractivity contribution in [2.45, 2.75) is 94.2 Å². The lowest BCUT2D eigenvalue weighted by molar-refractivity contribution is -0.145. The number of nitrogens with zero attached hydrogens (tertiary/aromatic N) is 5. The molecule has 5 atom stereocenters. The molecule has 0 aromatic carbocycles. The summed E-state index contributed by atoms with van der Waals surface area (Å²) in [7, 11) is -2.29. The molecule has 7 rings (SSSR count). The number of rotatable bonds is 7. The minimum Gasteiger partial charge on any atom is -0.474 e. The Hall–Kier alpha value is -3.97. The van der Waals surface area contributed by atoms with E-state index in [0.717, 1.165) is 35.3 Å². The lowest BCUT2D eigenvalue weighted by Crippen LogP contribution is -2.56. The molecule has 0 saturated heterocycles. The van der Waals surface area contributed by atoms with Gasteiger partial charge in [-0.15, -0.1) is 22.7 Å². The monoisotopic (exact) mass is 807 g/mol. The van der Waals surface area contributed by atoms with Gasteiger partial charge in [-0.05, 0) is 71.6 Å². The SMILES string of the molecule is Cc1csc(-c2cc(O[C@H]3CC[C@H]4C(=O)N(C)CCCC/C=C\[C@@H]5C[C@@]5(C(=O)NS(=O)(=O)C5(C)CC5)NC(=O)[C@@H]4C3)nc(-c3nc(C(F)(F)F)cs3)n2)n1. The van der Waals surface area contributed by atoms with Crippen molar-refractivity contribution in [1.82, 2.24) is 34.9 Å². The van der Waals surface area contributed by atoms with Crippen LogP contribution in [0.3, 0.4) is 0 Å². The predicted molar refractivity (Wildman–Crippen MR) is 194 cm³/mol. The molecule has 3 aromatic rings. The van der Waals surface area contributed by atoms with Crippen molar-refractivity contribution in [3.63, 3.8) is 0 Å². The van der Waals surface area contributed by atoms with Crippen LogP contribution >= 0.6 is 22.7 Å². The zero-order valence-corrected chi connectivity index (χ0v) is 32.3. The molecule has 2 N–H and O–H groups in total. The van der Waals surface area contributed by atoms with Gasteiger partial charge < -0.3 is 15.0 Å². The number of fused-ring (bicyclic) bond motifs is 2. The number of nitrogens with one attached hydrogen (secondary N) is 2. The van der Waals surface area contributed by atoms with Crippen LogP contribution in [0.5, 0.6) is 5.88 Å². The van der Waals surface area contributed by atoms with E-state index in [1.807, 2.05) is 12.2 Å². The highest BCUT2D eigenvalue weighted by Gasteiger charge is 2.63. The van der Waals surface area contributed by atoms with E-state index < -0.39 is 67.9 Å². The van der Waals surface area contributed by atoms with E-state index in [2.05, 4.69) is 30.0 Å². The van der Waals surface area contributed by atoms with E-state index in [0.29, 0.717) is 42.9 Å². The van der Waals surface area contributed by atoms with Crippen LogP contribution in [0.15, 0.2) is 29.0 Å². The number of hydrogen-bond donors (Lipinski definition) is 2. The quantitative estimate of drug-likeness (QED) is 0.299. The second-order valence-electron chi connectivity index (χ2n) is 14.9. The van der Waals surface area contributed by atoms with E-state index in [1.165, 1.54) is 17.4 Å². The van der Waals surface area contributed by atoms with Gasteiger partial charge in [0.2, 0.25) is 27.7 Å². The Bertz CT molecular complexity index is 2100. The fourth-order valence-electron chi connectivity index (χ4n) is 7.00. The Kier molecular flexibility index (Phi) is 10.1. The van der Waals surface area contributed by atoms with Gasteiger partial charge in [0.25, 0.3) is 5.91 Å². The molecule has 1 aliphatic heterocycles. The number of hydrogen-bond acceptors (Lipinski definition) is 12. The highest BCUT2D eigenvalue weighted by Crippen LogP contribution is 2.48. The largest absolute Gasteiger partial charge is 0.474 e. The molecular formula is C35H40F3N7O6S3. The summed E-state index contributed by atoms with van der Waals surface area (Å²) < 4.78 is 74.0. The number of aryl methyl sites for hydroxylation is 1. The highest BCUT2D eigenvalue weighted by molar-refractivity contribution is 7.91. The van der Waals surface area contributed by atoms with Gasteiger partial charge in [0.05, 0.1) is 10.7 Å². The van der Waals surface area contributed by atoms with Gasteiger partial charge in [-0.25, -0.2) is 23.4 Å². The number of halogens is 3. The maximum atomic E-state index is 14.3. The van der Waals surface area contributed by atoms with E-state index in [9.17, 15) is 36.0 Å². The summed E-state index contributed by atoms with van der Waals surface area (Å²) in [5.74, 6) is -3.78. The molecule has 3 amide bonds. The topological polar surface area (TPSA) is 173 Å². The van der Waals surface area contributed by atoms with Crippen molar-refractivity contribution in [1.29, 1.82) is 0 Å². The molecule has 3 fully saturated rings. The van der Waals surface area contributed by atoms with Crippen LogP contribution in [-0.4, -0.2) is 81.0 Å². The third-order valence-corrected chi connectivity index (χ3v) is 14.7. The molecule has 0 radical (unpaired) electrons. The van der Waals surface area contributed by atoms with Gasteiger partial charge in [0, 0.05) is 47.9 Å². The Morgan fingerprint density at radius 2 is 1.81 bits per heavy atom. The van der Waals surface area contributed by atoms with E-state index in [-0.39, 0.29) is 41.9 Å². The third kappa shape index (κ3) is 7.76. The summed E-state index contributed by atoms with van der Waals surface area (Å²) >= 11 is 2.03. The minimum absolute atomic E-state index is 0.0295. The number of sulfonamides is 1. The van der Waals surface area contributed by atoms with Gasteiger partial charge in [-0.3, -0.25) is 19.1 Å². The normalized spacial score (nSPS) is 27.9. The number of carbonyl (C=O) groups excluding carboxylic acids is 3. The molecule has 0 spiro atoms. The number of ether oxygens (including phenoxy) is 1. The van der Waals surface area contributed by atoms with Gasteiger partial charge >= 0.3 is 6.18 Å². The second kappa shape index (κ2) is 14.3. The number of amides is 3. The van der Waals surface area contributed by atoms with Crippen LogP contribution in [-0.2, 0) is 30.6 Å². The molecule has 3 saturated carbocycles. The molecule has 54 heavy (non-hydrogen) atoms. The first-order valence-corrected chi connectivity index (χ1v) is 21.0. The summed E-state index contributed by atoms with van der Waals surface area (Å²) in [4.78, 5) is 60.6. The average Bonchev–Trinajstić information content (AvgIpc) is 3.87. The van der Waals surface area contributed by atoms with Crippen molar-refractivity contribution in [2.75, 3.05) is 13.6 Å². The van der Waals surface area contributed by atoms with Crippen LogP contribution in [0.2, 0.25) is 0 Å². The molecule has 4 aliphatic rings. The first-order chi connectivity index (χ1) is 25.5. The number of thiazole rings is 2. The average molecular weight is 808 g/mol. The van der Waals surface area contributed by atoms with Crippen LogP contribution in [0.4, 0.5) is 13.2 Å². The Labute approximate surface area is 318 Å². The van der Waals surface area contributed by atoms with Crippen molar-refractivity contribution in [2.24, 2.45) is 17.8 Å². The van der Waals surface area contributed by atoms with Crippen LogP contribution in [0.25, 0.3) is 21.5 Å². The third-order valence-electron chi connectivity index (χ3n) is 10.7. The van der Waals surface area contributed by atoms with Gasteiger partial charge in [-0.2, -0.15) is 18.2 Å². The molecular weight excluding hydrogens is 768 g/mol. The van der Waals surface area contributed by atoms with Crippen LogP contribution < -0.4 is 14.8 Å². The van der Waals surface area contributed by atoms with Crippen molar-refractivity contribution in [3.05, 3.63) is 40.4 Å². The Morgan fingerprint density at radius 3 is 2.50 bits per heavy atom. The Morgan fingerprint density at radius 1 is 1.06 bits per heavy atom. The van der Waals surface area contributed by atoms with Crippen molar-refractivity contribution >= 4 is 50.4 Å². The van der Waals surface area contributed by atoms with Gasteiger partial charge in [0.15, 0.2) is 16.5 Å². The molecule has 4 heterocycles. The van der Waals surface area contributed by atoms with Crippen molar-refractivity contribution < 1.29 is 40.7 Å². The van der Waals surface area contributed by atoms with Crippen LogP contribution in [0.1, 0.15) is 76.1 Å². The zero-order chi connectivity index (χ0) is 38.6. The zero-order valence-electron chi connectivity index (χ0n) is 29.8. The Balaban J connectivity index is 1.18. The molecule has 0 bridgehead atoms. The minimum atomic E-state index is -4.66. The fourth-order valence-corrected chi connectivity index (χ4v) is 9.83. The first kappa shape index (κ1) is 38.3. The maximum Gasteiger partial charge on any atom is 0.434 e. The van der Waals surface area contributed by atoms with Crippen molar-refractivity contribution in [3.8, 4) is 27.4 Å². The summed E-state index contributed by atoms with van der Waals surface area (Å²) in [6, 6.07) is 1.53. The van der Waals surface area contributed by atoms with Gasteiger partial charge in [0.1, 0.15) is 22.3 Å². The molecule has 0 unspecified atom stereocenters. The number of carbonyl (C=O) groups is 3. The van der Waals surface area contributed by atoms with Gasteiger partial charge in [-0.1, -0.05) is 12.2 Å². The summed E-state index contributed by atoms with van der Waals surface area (Å²) in [5.41, 5.74) is -1.54. The standard InChI is InChI=1S/C35H40F3N7O6S3/c1-19-17-52-29(39-19)24-15-26(42-27(40-24)30-41-25(18-53-30)35(36,37)38)51-21-9-10-22-23(14-21)28(46)43-34(32(48)44-54(49,50)33(2)11-12-33)16-20(34)8-6-4-5-7-13-45(3)31(22)47/h6,8,15,17-18,20-23H,4-5,7,9-14,16H2,1-3H3,(H,43,46)(H,44,48)/b8-6-/t20-,21+,22-,23-,34-/m1/s1. The van der Waals surface area contributed by atoms with E-state index in [4.69, 9.17) is 4.74 Å². The number of alkyl halides is 3. The summed E-state index contributed by atoms with van der Waals surface area (Å²) in [6.45, 7) is 3.87. The molecule has 3 aromatic heterocycles. The summed E-state index contributed by atoms with van der Waals surface area (Å²) in [6.07, 6.45) is 2.40. The smallest absolute Gasteiger partial charge is 0.434 e. The first-order valence-electron chi connectivity index (χ1n) is 17.8. The molecule has 13 nitrogen and oxygen atoms in total. The predicted octanol–water partition coefficient (Wildman–Crippen LogP) is 5.29. The van der Waals surface area contributed by atoms with E-state index >= 15 is 0 Å². The lowest BCUT2D eigenvalue weighted by atomic mass is 9.76. The summed E-state index contributed by atoms with van der Waals surface area (Å²) in [5, 5.41) is 6.00. The fraction of sp³-hybridized carbons (Fsp3) is 0.571. The second-order valence-corrected chi connectivity index (χ2v) is 18.8. The lowest BCUT2D eigenvalue weighted by Gasteiger charge is -2.37. The number of aromatic nitrogens is 4. The number of allylic oxidation sites excluding steroid dienone is 1. The van der Waals surface area contributed by atoms with E-state index in [1.54, 1.807) is 31.2 Å². The highest BCUT2D eigenvalue weighted by atomic mass is 32.2.